The van der Waals surface area contributed by atoms with Gasteiger partial charge < -0.3 is 20.0 Å². The summed E-state index contributed by atoms with van der Waals surface area (Å²) in [5.41, 5.74) is 3.53. The highest BCUT2D eigenvalue weighted by Crippen LogP contribution is 2.45. The van der Waals surface area contributed by atoms with Crippen LogP contribution in [-0.4, -0.2) is 34.1 Å². The number of aromatic nitrogens is 2. The Balaban J connectivity index is 1.35. The molecule has 2 aliphatic rings. The number of carbonyl (C=O) groups is 1. The van der Waals surface area contributed by atoms with E-state index < -0.39 is 7.12 Å². The van der Waals surface area contributed by atoms with Crippen molar-refractivity contribution in [1.29, 1.82) is 0 Å². The summed E-state index contributed by atoms with van der Waals surface area (Å²) in [5, 5.41) is 14.2. The number of carbonyl (C=O) groups excluding carboxylic acids is 1. The maximum absolute atomic E-state index is 12.3. The number of nitrogens with zero attached hydrogens (tertiary/aromatic N) is 1. The Kier molecular flexibility index (Phi) is 3.76. The third-order valence-electron chi connectivity index (χ3n) is 5.36. The molecule has 134 valence electrons. The molecule has 0 spiro atoms. The molecule has 1 aliphatic heterocycles. The normalized spacial score (nSPS) is 21.1. The summed E-state index contributed by atoms with van der Waals surface area (Å²) < 4.78 is 5.54. The second kappa shape index (κ2) is 6.28. The van der Waals surface area contributed by atoms with Gasteiger partial charge in [-0.05, 0) is 48.5 Å². The first kappa shape index (κ1) is 16.1. The van der Waals surface area contributed by atoms with Crippen LogP contribution in [0.5, 0.6) is 5.75 Å². The zero-order valence-electron chi connectivity index (χ0n) is 14.6. The summed E-state index contributed by atoms with van der Waals surface area (Å²) in [4.78, 5) is 19.8. The number of hydrogen-bond acceptors (Lipinski definition) is 4. The van der Waals surface area contributed by atoms with Gasteiger partial charge in [-0.25, -0.2) is 4.98 Å². The van der Waals surface area contributed by atoms with Gasteiger partial charge in [0.15, 0.2) is 0 Å². The second-order valence-corrected chi connectivity index (χ2v) is 7.07. The maximum Gasteiger partial charge on any atom is 0.552 e. The molecular weight excluding hydrogens is 341 g/mol. The Morgan fingerprint density at radius 1 is 1.26 bits per heavy atom. The fraction of sp³-hybridized carbons (Fsp3) is 0.200. The van der Waals surface area contributed by atoms with Gasteiger partial charge in [-0.15, -0.1) is 0 Å². The second-order valence-electron chi connectivity index (χ2n) is 7.07. The van der Waals surface area contributed by atoms with Crippen molar-refractivity contribution < 1.29 is 14.5 Å². The van der Waals surface area contributed by atoms with Crippen molar-refractivity contribution in [2.45, 2.75) is 18.9 Å². The first-order chi connectivity index (χ1) is 13.2. The molecule has 3 heterocycles. The van der Waals surface area contributed by atoms with Crippen LogP contribution in [0.2, 0.25) is 0 Å². The Morgan fingerprint density at radius 2 is 2.07 bits per heavy atom. The summed E-state index contributed by atoms with van der Waals surface area (Å²) in [5.74, 6) is 2.60. The van der Waals surface area contributed by atoms with Gasteiger partial charge >= 0.3 is 7.12 Å². The van der Waals surface area contributed by atoms with Crippen molar-refractivity contribution in [3.63, 3.8) is 0 Å². The van der Waals surface area contributed by atoms with Crippen LogP contribution in [0.1, 0.15) is 28.8 Å². The lowest BCUT2D eigenvalue weighted by atomic mass is 9.68. The molecule has 0 saturated heterocycles. The summed E-state index contributed by atoms with van der Waals surface area (Å²) >= 11 is 0. The van der Waals surface area contributed by atoms with E-state index in [0.29, 0.717) is 11.3 Å². The lowest BCUT2D eigenvalue weighted by Gasteiger charge is -2.39. The van der Waals surface area contributed by atoms with E-state index >= 15 is 0 Å². The molecule has 2 aromatic heterocycles. The predicted octanol–water partition coefficient (Wildman–Crippen LogP) is 2.57. The topological polar surface area (TPSA) is 87.2 Å². The highest BCUT2D eigenvalue weighted by atomic mass is 16.5. The van der Waals surface area contributed by atoms with Crippen molar-refractivity contribution in [3.8, 4) is 5.75 Å². The molecule has 6 nitrogen and oxygen atoms in total. The van der Waals surface area contributed by atoms with Crippen LogP contribution in [0.4, 0.5) is 0 Å². The number of allylic oxidation sites excluding steroid dienone is 1. The number of fused-ring (bicyclic) bond motifs is 3. The number of hydrogen-bond donors (Lipinski definition) is 3. The zero-order valence-corrected chi connectivity index (χ0v) is 14.6. The lowest BCUT2D eigenvalue weighted by Crippen LogP contribution is -2.45. The molecular formula is C20H18BN3O3. The van der Waals surface area contributed by atoms with Gasteiger partial charge in [0.2, 0.25) is 0 Å². The molecule has 1 saturated carbocycles. The minimum Gasteiger partial charge on any atom is -0.531 e. The van der Waals surface area contributed by atoms with Crippen LogP contribution in [0.15, 0.2) is 54.8 Å². The number of aromatic amines is 1. The molecule has 1 fully saturated rings. The Morgan fingerprint density at radius 3 is 2.89 bits per heavy atom. The molecule has 1 amide bonds. The number of H-pyrrole nitrogens is 1. The Labute approximate surface area is 156 Å². The van der Waals surface area contributed by atoms with Gasteiger partial charge in [0, 0.05) is 28.8 Å². The van der Waals surface area contributed by atoms with Crippen LogP contribution in [-0.2, 0) is 0 Å². The number of rotatable bonds is 3. The standard InChI is InChI=1S/C20H18BN3O3/c25-20(12-4-2-1-3-5-12)24-14-8-13(9-14)16-10-21(26)27-17-11-23-19-15(18(16)17)6-7-22-19/h1-7,10-11,13-14,26H,8-9H2,(H,22,23)(H,24,25). The third kappa shape index (κ3) is 2.80. The monoisotopic (exact) mass is 359 g/mol. The van der Waals surface area contributed by atoms with E-state index in [0.717, 1.165) is 35.0 Å². The number of amides is 1. The van der Waals surface area contributed by atoms with Crippen molar-refractivity contribution >= 4 is 29.6 Å². The van der Waals surface area contributed by atoms with E-state index in [4.69, 9.17) is 4.65 Å². The van der Waals surface area contributed by atoms with Crippen molar-refractivity contribution in [3.05, 3.63) is 65.9 Å². The smallest absolute Gasteiger partial charge is 0.531 e. The molecule has 0 radical (unpaired) electrons. The highest BCUT2D eigenvalue weighted by molar-refractivity contribution is 6.52. The van der Waals surface area contributed by atoms with Gasteiger partial charge in [-0.1, -0.05) is 18.2 Å². The average Bonchev–Trinajstić information content (AvgIpc) is 3.13. The molecule has 27 heavy (non-hydrogen) atoms. The van der Waals surface area contributed by atoms with Gasteiger partial charge in [0.1, 0.15) is 11.4 Å². The number of pyridine rings is 1. The van der Waals surface area contributed by atoms with E-state index in [1.165, 1.54) is 0 Å². The number of nitrogens with one attached hydrogen (secondary N) is 2. The molecule has 3 aromatic rings. The summed E-state index contributed by atoms with van der Waals surface area (Å²) in [6.45, 7) is 0. The maximum atomic E-state index is 12.3. The Hall–Kier alpha value is -3.06. The van der Waals surface area contributed by atoms with E-state index in [9.17, 15) is 9.82 Å². The van der Waals surface area contributed by atoms with E-state index in [2.05, 4.69) is 15.3 Å². The van der Waals surface area contributed by atoms with Gasteiger partial charge in [-0.2, -0.15) is 0 Å². The predicted molar refractivity (Wildman–Crippen MR) is 103 cm³/mol. The lowest BCUT2D eigenvalue weighted by molar-refractivity contribution is 0.0905. The molecule has 3 N–H and O–H groups in total. The van der Waals surface area contributed by atoms with Crippen LogP contribution in [0, 0.1) is 5.92 Å². The number of benzene rings is 1. The highest BCUT2D eigenvalue weighted by Gasteiger charge is 2.38. The van der Waals surface area contributed by atoms with E-state index in [1.807, 2.05) is 42.6 Å². The van der Waals surface area contributed by atoms with Gasteiger partial charge in [0.25, 0.3) is 5.91 Å². The van der Waals surface area contributed by atoms with Crippen LogP contribution >= 0.6 is 0 Å². The summed E-state index contributed by atoms with van der Waals surface area (Å²) in [6.07, 6.45) is 5.18. The summed E-state index contributed by atoms with van der Waals surface area (Å²) in [7, 11) is -0.969. The quantitative estimate of drug-likeness (QED) is 0.628. The SMILES string of the molecule is O=C(NC1CC(C2=CB(O)Oc3cnc4[nH]ccc4c32)C1)c1ccccc1. The minimum absolute atomic E-state index is 0.0438. The van der Waals surface area contributed by atoms with Crippen LogP contribution in [0.25, 0.3) is 16.6 Å². The fourth-order valence-electron chi connectivity index (χ4n) is 3.97. The molecule has 0 bridgehead atoms. The van der Waals surface area contributed by atoms with Crippen LogP contribution < -0.4 is 9.97 Å². The third-order valence-corrected chi connectivity index (χ3v) is 5.36. The van der Waals surface area contributed by atoms with Crippen molar-refractivity contribution in [2.24, 2.45) is 5.92 Å². The molecule has 0 unspecified atom stereocenters. The first-order valence-electron chi connectivity index (χ1n) is 9.08. The minimum atomic E-state index is -0.969. The molecule has 5 rings (SSSR count). The molecule has 1 aromatic carbocycles. The molecule has 7 heteroatoms. The Bertz CT molecular complexity index is 1040. The summed E-state index contributed by atoms with van der Waals surface area (Å²) in [6, 6.07) is 11.4. The molecule has 0 atom stereocenters. The average molecular weight is 359 g/mol. The van der Waals surface area contributed by atoms with Crippen molar-refractivity contribution in [2.75, 3.05) is 0 Å². The van der Waals surface area contributed by atoms with E-state index in [1.54, 1.807) is 12.2 Å². The fourth-order valence-corrected chi connectivity index (χ4v) is 3.97. The van der Waals surface area contributed by atoms with E-state index in [-0.39, 0.29) is 17.9 Å². The van der Waals surface area contributed by atoms with Gasteiger partial charge in [-0.3, -0.25) is 4.79 Å². The zero-order chi connectivity index (χ0) is 18.4. The molecule has 1 aliphatic carbocycles. The van der Waals surface area contributed by atoms with Crippen molar-refractivity contribution in [1.82, 2.24) is 15.3 Å². The van der Waals surface area contributed by atoms with Gasteiger partial charge in [0.05, 0.1) is 6.20 Å². The largest absolute Gasteiger partial charge is 0.552 e. The first-order valence-corrected chi connectivity index (χ1v) is 9.08. The van der Waals surface area contributed by atoms with Crippen LogP contribution in [0.3, 0.4) is 0 Å².